The minimum absolute atomic E-state index is 0.212. The van der Waals surface area contributed by atoms with Crippen LogP contribution in [-0.2, 0) is 18.9 Å². The molecule has 0 aromatic heterocycles. The third kappa shape index (κ3) is 7.43. The number of halogens is 2. The second-order valence-electron chi connectivity index (χ2n) is 5.02. The molecule has 156 valence electrons. The quantitative estimate of drug-likeness (QED) is 0.251. The molecular weight excluding hydrogens is 512 g/mol. The molecule has 0 heterocycles. The predicted octanol–water partition coefficient (Wildman–Crippen LogP) is 5.87. The summed E-state index contributed by atoms with van der Waals surface area (Å²) in [4.78, 5) is 0. The second-order valence-corrected chi connectivity index (χ2v) is 5.94. The summed E-state index contributed by atoms with van der Waals surface area (Å²) in [6.45, 7) is 0. The van der Waals surface area contributed by atoms with Crippen molar-refractivity contribution in [2.45, 2.75) is 0 Å². The third-order valence-electron chi connectivity index (χ3n) is 3.28. The van der Waals surface area contributed by atoms with Gasteiger partial charge in [0.15, 0.2) is 35.5 Å². The Labute approximate surface area is 186 Å². The normalized spacial score (nSPS) is 11.4. The Hall–Kier alpha value is -2.52. The molecule has 2 aromatic rings. The van der Waals surface area contributed by atoms with E-state index >= 15 is 0 Å². The number of alkyl halides is 2. The summed E-state index contributed by atoms with van der Waals surface area (Å²) >= 11 is 6.32. The Kier molecular flexibility index (Phi) is 10.1. The first-order valence-corrected chi connectivity index (χ1v) is 10.5. The smallest absolute Gasteiger partial charge is 0.316 e. The molecule has 0 aliphatic rings. The van der Waals surface area contributed by atoms with Gasteiger partial charge in [-0.05, 0) is 56.1 Å². The molecule has 0 aliphatic heterocycles. The third-order valence-corrected chi connectivity index (χ3v) is 3.74. The van der Waals surface area contributed by atoms with Crippen molar-refractivity contribution in [3.8, 4) is 23.0 Å². The van der Waals surface area contributed by atoms with Gasteiger partial charge in [0, 0.05) is 0 Å². The van der Waals surface area contributed by atoms with Gasteiger partial charge < -0.3 is 33.2 Å². The van der Waals surface area contributed by atoms with Gasteiger partial charge in [0.1, 0.15) is 11.0 Å². The van der Waals surface area contributed by atoms with Gasteiger partial charge in [-0.15, -0.1) is 0 Å². The maximum Gasteiger partial charge on any atom is 0.316 e. The molecule has 0 aliphatic carbocycles. The largest absolute Gasteiger partial charge is 0.466 e. The highest BCUT2D eigenvalue weighted by atomic mass is 79.9. The number of benzene rings is 2. The molecule has 2 rings (SSSR count). The summed E-state index contributed by atoms with van der Waals surface area (Å²) < 4.78 is 37.8. The molecule has 0 atom stereocenters. The number of ether oxygens (including phenoxy) is 7. The summed E-state index contributed by atoms with van der Waals surface area (Å²) in [6, 6.07) is 14.3. The van der Waals surface area contributed by atoms with E-state index < -0.39 is 0 Å². The van der Waals surface area contributed by atoms with Gasteiger partial charge in [-0.2, -0.15) is 0 Å². The molecule has 0 N–H and O–H groups in total. The summed E-state index contributed by atoms with van der Waals surface area (Å²) in [5.74, 6) is 2.30. The fourth-order valence-corrected chi connectivity index (χ4v) is 2.45. The van der Waals surface area contributed by atoms with Gasteiger partial charge in [-0.1, -0.05) is 24.3 Å². The summed E-state index contributed by atoms with van der Waals surface area (Å²) in [6.07, 6.45) is 2.69. The molecule has 0 bridgehead atoms. The van der Waals surface area contributed by atoms with Crippen LogP contribution in [0.25, 0.3) is 0 Å². The van der Waals surface area contributed by atoms with Crippen LogP contribution in [-0.4, -0.2) is 25.3 Å². The van der Waals surface area contributed by atoms with Gasteiger partial charge in [-0.3, -0.25) is 0 Å². The van der Waals surface area contributed by atoms with E-state index in [0.29, 0.717) is 23.0 Å². The molecule has 0 fully saturated rings. The Balaban J connectivity index is 2.20. The molecule has 7 nitrogen and oxygen atoms in total. The van der Waals surface area contributed by atoms with E-state index in [1.54, 1.807) is 24.3 Å². The van der Waals surface area contributed by atoms with E-state index in [4.69, 9.17) is 33.2 Å². The molecule has 0 radical (unpaired) electrons. The van der Waals surface area contributed by atoms with Crippen molar-refractivity contribution in [1.82, 2.24) is 0 Å². The monoisotopic (exact) mass is 530 g/mol. The van der Waals surface area contributed by atoms with Crippen molar-refractivity contribution in [3.05, 3.63) is 72.9 Å². The highest BCUT2D eigenvalue weighted by Gasteiger charge is 2.11. The van der Waals surface area contributed by atoms with Crippen molar-refractivity contribution in [1.29, 1.82) is 0 Å². The highest BCUT2D eigenvalue weighted by molar-refractivity contribution is 9.09. The highest BCUT2D eigenvalue weighted by Crippen LogP contribution is 2.36. The number of methoxy groups -OCH3 is 2. The lowest BCUT2D eigenvalue weighted by Crippen LogP contribution is -1.98. The molecule has 0 spiro atoms. The first-order valence-electron chi connectivity index (χ1n) is 8.26. The summed E-state index contributed by atoms with van der Waals surface area (Å²) in [5.41, 5.74) is 0.545. The van der Waals surface area contributed by atoms with Crippen molar-refractivity contribution < 1.29 is 33.2 Å². The Morgan fingerprint density at radius 1 is 0.690 bits per heavy atom. The van der Waals surface area contributed by atoms with Crippen LogP contribution >= 0.6 is 31.9 Å². The molecule has 9 heteroatoms. The standard InChI is InChI=1S/C20H20Br2O7/c1-23-19(27-13-21)11-25-15-7-3-5-9-17(15)29-18-10-6-4-8-16(18)26-12-20(24-2)28-14-22/h3-12H,13-14H2,1-2H3/b19-11+,20-12+. The van der Waals surface area contributed by atoms with Crippen molar-refractivity contribution in [2.24, 2.45) is 0 Å². The lowest BCUT2D eigenvalue weighted by Gasteiger charge is -2.13. The van der Waals surface area contributed by atoms with Crippen LogP contribution in [0.1, 0.15) is 0 Å². The average molecular weight is 532 g/mol. The molecular formula is C20H20Br2O7. The molecule has 0 unspecified atom stereocenters. The Morgan fingerprint density at radius 2 is 1.07 bits per heavy atom. The molecule has 0 amide bonds. The summed E-state index contributed by atoms with van der Waals surface area (Å²) in [5, 5.41) is 0. The topological polar surface area (TPSA) is 64.6 Å². The maximum atomic E-state index is 6.00. The van der Waals surface area contributed by atoms with E-state index in [1.165, 1.54) is 26.7 Å². The van der Waals surface area contributed by atoms with Gasteiger partial charge in [0.05, 0.1) is 14.2 Å². The minimum Gasteiger partial charge on any atom is -0.466 e. The van der Waals surface area contributed by atoms with Crippen LogP contribution < -0.4 is 14.2 Å². The van der Waals surface area contributed by atoms with Crippen LogP contribution in [0.3, 0.4) is 0 Å². The number of para-hydroxylation sites is 4. The molecule has 2 aromatic carbocycles. The molecule has 0 saturated heterocycles. The van der Waals surface area contributed by atoms with Gasteiger partial charge in [0.2, 0.25) is 0 Å². The number of rotatable bonds is 12. The van der Waals surface area contributed by atoms with Gasteiger partial charge in [-0.25, -0.2) is 0 Å². The first kappa shape index (κ1) is 22.8. The molecule has 0 saturated carbocycles. The van der Waals surface area contributed by atoms with Crippen LogP contribution in [0, 0.1) is 0 Å². The number of hydrogen-bond donors (Lipinski definition) is 0. The Bertz CT molecular complexity index is 756. The van der Waals surface area contributed by atoms with Crippen molar-refractivity contribution >= 4 is 31.9 Å². The lowest BCUT2D eigenvalue weighted by molar-refractivity contribution is 0.0794. The number of hydrogen-bond acceptors (Lipinski definition) is 7. The van der Waals surface area contributed by atoms with Gasteiger partial charge in [0.25, 0.3) is 0 Å². The van der Waals surface area contributed by atoms with Crippen LogP contribution in [0.15, 0.2) is 72.9 Å². The van der Waals surface area contributed by atoms with Crippen LogP contribution in [0.4, 0.5) is 0 Å². The van der Waals surface area contributed by atoms with Gasteiger partial charge >= 0.3 is 11.9 Å². The van der Waals surface area contributed by atoms with Crippen molar-refractivity contribution in [2.75, 3.05) is 25.3 Å². The lowest BCUT2D eigenvalue weighted by atomic mass is 10.3. The predicted molar refractivity (Wildman–Crippen MR) is 114 cm³/mol. The van der Waals surface area contributed by atoms with E-state index in [9.17, 15) is 0 Å². The minimum atomic E-state index is 0.212. The van der Waals surface area contributed by atoms with E-state index in [0.717, 1.165) is 0 Å². The average Bonchev–Trinajstić information content (AvgIpc) is 2.76. The SMILES string of the molecule is CO/C(=C\Oc1ccccc1Oc1ccccc1O/C=C(\OC)OCBr)OCBr. The fraction of sp³-hybridized carbons (Fsp3) is 0.200. The van der Waals surface area contributed by atoms with Crippen LogP contribution in [0.5, 0.6) is 23.0 Å². The van der Waals surface area contributed by atoms with E-state index in [1.807, 2.05) is 24.3 Å². The first-order chi connectivity index (χ1) is 14.2. The zero-order valence-electron chi connectivity index (χ0n) is 15.8. The Morgan fingerprint density at radius 3 is 1.41 bits per heavy atom. The van der Waals surface area contributed by atoms with E-state index in [-0.39, 0.29) is 22.9 Å². The second kappa shape index (κ2) is 12.8. The van der Waals surface area contributed by atoms with Crippen molar-refractivity contribution in [3.63, 3.8) is 0 Å². The fourth-order valence-electron chi connectivity index (χ4n) is 2.00. The van der Waals surface area contributed by atoms with E-state index in [2.05, 4.69) is 31.9 Å². The van der Waals surface area contributed by atoms with Crippen LogP contribution in [0.2, 0.25) is 0 Å². The summed E-state index contributed by atoms with van der Waals surface area (Å²) in [7, 11) is 2.96. The maximum absolute atomic E-state index is 6.00. The zero-order valence-corrected chi connectivity index (χ0v) is 19.0. The molecule has 29 heavy (non-hydrogen) atoms. The zero-order chi connectivity index (χ0) is 20.9.